The summed E-state index contributed by atoms with van der Waals surface area (Å²) in [6, 6.07) is 17.5. The number of hydrogen-bond donors (Lipinski definition) is 1. The minimum Gasteiger partial charge on any atom is -0.493 e. The van der Waals surface area contributed by atoms with Crippen LogP contribution in [0.4, 0.5) is 0 Å². The van der Waals surface area contributed by atoms with Gasteiger partial charge < -0.3 is 14.6 Å². The lowest BCUT2D eigenvalue weighted by Crippen LogP contribution is -1.99. The second-order valence-corrected chi connectivity index (χ2v) is 6.04. The lowest BCUT2D eigenvalue weighted by atomic mass is 10.1. The molecule has 0 unspecified atom stereocenters. The summed E-state index contributed by atoms with van der Waals surface area (Å²) in [6.45, 7) is 0.335. The van der Waals surface area contributed by atoms with Crippen molar-refractivity contribution in [2.24, 2.45) is 0 Å². The first-order valence-corrected chi connectivity index (χ1v) is 8.34. The van der Waals surface area contributed by atoms with Crippen molar-refractivity contribution in [2.75, 3.05) is 7.11 Å². The third-order valence-electron chi connectivity index (χ3n) is 3.92. The SMILES string of the molecule is COc1cc(/C=C/C(=O)O)cc(Cl)c1OCc1cccc2ccccc12. The molecule has 0 radical (unpaired) electrons. The molecule has 3 rings (SSSR count). The van der Waals surface area contributed by atoms with Crippen molar-refractivity contribution in [3.8, 4) is 11.5 Å². The molecule has 132 valence electrons. The number of ether oxygens (including phenoxy) is 2. The van der Waals surface area contributed by atoms with Gasteiger partial charge >= 0.3 is 5.97 Å². The van der Waals surface area contributed by atoms with Gasteiger partial charge in [-0.05, 0) is 40.1 Å². The molecule has 3 aromatic rings. The molecule has 0 saturated carbocycles. The number of benzene rings is 3. The highest BCUT2D eigenvalue weighted by Gasteiger charge is 2.12. The molecular weight excluding hydrogens is 352 g/mol. The Morgan fingerprint density at radius 1 is 1.15 bits per heavy atom. The van der Waals surface area contributed by atoms with Crippen molar-refractivity contribution in [1.29, 1.82) is 0 Å². The smallest absolute Gasteiger partial charge is 0.328 e. The average Bonchev–Trinajstić information content (AvgIpc) is 2.65. The van der Waals surface area contributed by atoms with Crippen LogP contribution in [0, 0.1) is 0 Å². The van der Waals surface area contributed by atoms with Gasteiger partial charge in [0, 0.05) is 6.08 Å². The summed E-state index contributed by atoms with van der Waals surface area (Å²) in [6.07, 6.45) is 2.49. The summed E-state index contributed by atoms with van der Waals surface area (Å²) < 4.78 is 11.3. The molecule has 0 aromatic heterocycles. The van der Waals surface area contributed by atoms with E-state index in [4.69, 9.17) is 26.2 Å². The predicted octanol–water partition coefficient (Wildman–Crippen LogP) is 5.18. The Bertz CT molecular complexity index is 974. The molecule has 0 spiro atoms. The van der Waals surface area contributed by atoms with Crippen molar-refractivity contribution in [3.05, 3.63) is 76.8 Å². The minimum absolute atomic E-state index is 0.335. The summed E-state index contributed by atoms with van der Waals surface area (Å²) in [7, 11) is 1.52. The van der Waals surface area contributed by atoms with Crippen LogP contribution in [0.2, 0.25) is 5.02 Å². The molecular formula is C21H17ClO4. The van der Waals surface area contributed by atoms with Crippen LogP contribution in [0.15, 0.2) is 60.7 Å². The molecule has 0 saturated heterocycles. The van der Waals surface area contributed by atoms with Crippen LogP contribution in [-0.4, -0.2) is 18.2 Å². The molecule has 0 aliphatic rings. The van der Waals surface area contributed by atoms with Gasteiger partial charge in [0.05, 0.1) is 12.1 Å². The van der Waals surface area contributed by atoms with E-state index in [9.17, 15) is 4.79 Å². The van der Waals surface area contributed by atoms with Crippen LogP contribution in [-0.2, 0) is 11.4 Å². The van der Waals surface area contributed by atoms with Crippen molar-refractivity contribution < 1.29 is 19.4 Å². The highest BCUT2D eigenvalue weighted by atomic mass is 35.5. The van der Waals surface area contributed by atoms with E-state index < -0.39 is 5.97 Å². The van der Waals surface area contributed by atoms with Crippen LogP contribution in [0.5, 0.6) is 11.5 Å². The first-order chi connectivity index (χ1) is 12.6. The van der Waals surface area contributed by atoms with E-state index in [1.807, 2.05) is 30.3 Å². The lowest BCUT2D eigenvalue weighted by Gasteiger charge is -2.14. The number of methoxy groups -OCH3 is 1. The topological polar surface area (TPSA) is 55.8 Å². The fourth-order valence-electron chi connectivity index (χ4n) is 2.71. The van der Waals surface area contributed by atoms with Crippen LogP contribution in [0.3, 0.4) is 0 Å². The summed E-state index contributed by atoms with van der Waals surface area (Å²) in [5.74, 6) is -0.159. The van der Waals surface area contributed by atoms with Crippen LogP contribution >= 0.6 is 11.6 Å². The Balaban J connectivity index is 1.88. The zero-order chi connectivity index (χ0) is 18.5. The molecule has 0 heterocycles. The average molecular weight is 369 g/mol. The number of halogens is 1. The first kappa shape index (κ1) is 17.8. The number of fused-ring (bicyclic) bond motifs is 1. The summed E-state index contributed by atoms with van der Waals surface area (Å²) in [4.78, 5) is 10.7. The van der Waals surface area contributed by atoms with Gasteiger partial charge in [0.2, 0.25) is 0 Å². The number of hydrogen-bond acceptors (Lipinski definition) is 3. The van der Waals surface area contributed by atoms with Crippen LogP contribution in [0.25, 0.3) is 16.8 Å². The van der Waals surface area contributed by atoms with Crippen LogP contribution < -0.4 is 9.47 Å². The molecule has 0 atom stereocenters. The summed E-state index contributed by atoms with van der Waals surface area (Å²) in [5.41, 5.74) is 1.66. The van der Waals surface area contributed by atoms with E-state index in [0.29, 0.717) is 28.7 Å². The molecule has 5 heteroatoms. The zero-order valence-electron chi connectivity index (χ0n) is 14.1. The normalized spacial score (nSPS) is 11.0. The molecule has 1 N–H and O–H groups in total. The Labute approximate surface area is 156 Å². The number of rotatable bonds is 6. The van der Waals surface area contributed by atoms with Gasteiger partial charge in [0.15, 0.2) is 11.5 Å². The minimum atomic E-state index is -1.03. The first-order valence-electron chi connectivity index (χ1n) is 7.96. The quantitative estimate of drug-likeness (QED) is 0.609. The van der Waals surface area contributed by atoms with Gasteiger partial charge in [-0.1, -0.05) is 54.1 Å². The number of aliphatic carboxylic acids is 1. The maximum absolute atomic E-state index is 10.7. The van der Waals surface area contributed by atoms with Gasteiger partial charge in [0.25, 0.3) is 0 Å². The third kappa shape index (κ3) is 3.98. The fraction of sp³-hybridized carbons (Fsp3) is 0.0952. The highest BCUT2D eigenvalue weighted by Crippen LogP contribution is 2.37. The fourth-order valence-corrected chi connectivity index (χ4v) is 2.99. The van der Waals surface area contributed by atoms with Crippen molar-refractivity contribution in [3.63, 3.8) is 0 Å². The number of carboxylic acids is 1. The molecule has 0 fully saturated rings. The van der Waals surface area contributed by atoms with E-state index in [1.165, 1.54) is 13.2 Å². The van der Waals surface area contributed by atoms with Gasteiger partial charge in [-0.3, -0.25) is 0 Å². The second kappa shape index (κ2) is 7.93. The molecule has 0 amide bonds. The second-order valence-electron chi connectivity index (χ2n) is 5.63. The van der Waals surface area contributed by atoms with Gasteiger partial charge in [-0.15, -0.1) is 0 Å². The Hall–Kier alpha value is -2.98. The Morgan fingerprint density at radius 3 is 2.69 bits per heavy atom. The Kier molecular flexibility index (Phi) is 5.44. The van der Waals surface area contributed by atoms with Gasteiger partial charge in [-0.2, -0.15) is 0 Å². The van der Waals surface area contributed by atoms with E-state index in [-0.39, 0.29) is 0 Å². The number of carboxylic acid groups (broad SMARTS) is 1. The third-order valence-corrected chi connectivity index (χ3v) is 4.20. The van der Waals surface area contributed by atoms with E-state index in [0.717, 1.165) is 22.4 Å². The monoisotopic (exact) mass is 368 g/mol. The van der Waals surface area contributed by atoms with Crippen molar-refractivity contribution in [1.82, 2.24) is 0 Å². The molecule has 3 aromatic carbocycles. The zero-order valence-corrected chi connectivity index (χ0v) is 14.9. The summed E-state index contributed by atoms with van der Waals surface area (Å²) in [5, 5.41) is 11.4. The molecule has 0 aliphatic heterocycles. The van der Waals surface area contributed by atoms with E-state index >= 15 is 0 Å². The maximum Gasteiger partial charge on any atom is 0.328 e. The van der Waals surface area contributed by atoms with Gasteiger partial charge in [0.1, 0.15) is 6.61 Å². The molecule has 0 bridgehead atoms. The largest absolute Gasteiger partial charge is 0.493 e. The Morgan fingerprint density at radius 2 is 1.92 bits per heavy atom. The highest BCUT2D eigenvalue weighted by molar-refractivity contribution is 6.32. The molecule has 26 heavy (non-hydrogen) atoms. The van der Waals surface area contributed by atoms with E-state index in [2.05, 4.69) is 12.1 Å². The summed E-state index contributed by atoms with van der Waals surface area (Å²) >= 11 is 6.33. The number of carbonyl (C=O) groups is 1. The molecule has 0 aliphatic carbocycles. The van der Waals surface area contributed by atoms with E-state index in [1.54, 1.807) is 12.1 Å². The van der Waals surface area contributed by atoms with Crippen molar-refractivity contribution in [2.45, 2.75) is 6.61 Å². The maximum atomic E-state index is 10.7. The standard InChI is InChI=1S/C21H17ClO4/c1-25-19-12-14(9-10-20(23)24)11-18(22)21(19)26-13-16-7-4-6-15-5-2-3-8-17(15)16/h2-12H,13H2,1H3,(H,23,24)/b10-9+. The van der Waals surface area contributed by atoms with Crippen LogP contribution in [0.1, 0.15) is 11.1 Å². The lowest BCUT2D eigenvalue weighted by molar-refractivity contribution is -0.131. The van der Waals surface area contributed by atoms with Crippen molar-refractivity contribution >= 4 is 34.4 Å². The van der Waals surface area contributed by atoms with Gasteiger partial charge in [-0.25, -0.2) is 4.79 Å². The molecule has 4 nitrogen and oxygen atoms in total. The predicted molar refractivity (Wildman–Crippen MR) is 103 cm³/mol.